The lowest BCUT2D eigenvalue weighted by Crippen LogP contribution is -2.10. The number of nitrogens with zero attached hydrogens (tertiary/aromatic N) is 1. The third-order valence-corrected chi connectivity index (χ3v) is 1.50. The number of rotatable bonds is 3. The Morgan fingerprint density at radius 1 is 1.46 bits per heavy atom. The van der Waals surface area contributed by atoms with Crippen LogP contribution in [-0.4, -0.2) is 19.2 Å². The molecule has 13 heavy (non-hydrogen) atoms. The number of primary amides is 1. The SMILES string of the molecule is CON=Cc1ccc(C(N)=O)cc1. The summed E-state index contributed by atoms with van der Waals surface area (Å²) in [6.45, 7) is 0. The summed E-state index contributed by atoms with van der Waals surface area (Å²) in [4.78, 5) is 15.2. The smallest absolute Gasteiger partial charge is 0.248 e. The Labute approximate surface area is 76.0 Å². The van der Waals surface area contributed by atoms with Gasteiger partial charge < -0.3 is 10.6 Å². The Kier molecular flexibility index (Phi) is 3.03. The van der Waals surface area contributed by atoms with Gasteiger partial charge in [0.1, 0.15) is 7.11 Å². The van der Waals surface area contributed by atoms with Crippen molar-refractivity contribution in [3.05, 3.63) is 35.4 Å². The number of oxime groups is 1. The molecule has 0 spiro atoms. The van der Waals surface area contributed by atoms with Gasteiger partial charge >= 0.3 is 0 Å². The lowest BCUT2D eigenvalue weighted by atomic mass is 10.1. The highest BCUT2D eigenvalue weighted by atomic mass is 16.6. The fourth-order valence-electron chi connectivity index (χ4n) is 0.847. The van der Waals surface area contributed by atoms with E-state index in [1.54, 1.807) is 30.5 Å². The van der Waals surface area contributed by atoms with Gasteiger partial charge in [-0.2, -0.15) is 0 Å². The summed E-state index contributed by atoms with van der Waals surface area (Å²) < 4.78 is 0. The minimum absolute atomic E-state index is 0.435. The summed E-state index contributed by atoms with van der Waals surface area (Å²) in [6, 6.07) is 6.75. The lowest BCUT2D eigenvalue weighted by molar-refractivity contribution is 0.100. The Balaban J connectivity index is 2.81. The van der Waals surface area contributed by atoms with Crippen molar-refractivity contribution in [3.8, 4) is 0 Å². The molecule has 0 aliphatic heterocycles. The van der Waals surface area contributed by atoms with Gasteiger partial charge in [0, 0.05) is 5.56 Å². The maximum atomic E-state index is 10.7. The van der Waals surface area contributed by atoms with Crippen LogP contribution in [0.3, 0.4) is 0 Å². The van der Waals surface area contributed by atoms with Crippen molar-refractivity contribution in [2.75, 3.05) is 7.11 Å². The van der Waals surface area contributed by atoms with Gasteiger partial charge in [0.05, 0.1) is 6.21 Å². The molecule has 4 heteroatoms. The molecule has 68 valence electrons. The summed E-state index contributed by atoms with van der Waals surface area (Å²) in [5.41, 5.74) is 6.40. The normalized spacial score (nSPS) is 10.2. The average Bonchev–Trinajstić information content (AvgIpc) is 2.15. The van der Waals surface area contributed by atoms with Crippen LogP contribution in [0.25, 0.3) is 0 Å². The predicted octanol–water partition coefficient (Wildman–Crippen LogP) is 0.766. The Morgan fingerprint density at radius 3 is 2.54 bits per heavy atom. The average molecular weight is 178 g/mol. The van der Waals surface area contributed by atoms with Crippen LogP contribution < -0.4 is 5.73 Å². The summed E-state index contributed by atoms with van der Waals surface area (Å²) in [5, 5.41) is 3.58. The fraction of sp³-hybridized carbons (Fsp3) is 0.111. The summed E-state index contributed by atoms with van der Waals surface area (Å²) in [7, 11) is 1.47. The van der Waals surface area contributed by atoms with Crippen molar-refractivity contribution >= 4 is 12.1 Å². The third-order valence-electron chi connectivity index (χ3n) is 1.50. The van der Waals surface area contributed by atoms with Gasteiger partial charge in [-0.05, 0) is 17.7 Å². The predicted molar refractivity (Wildman–Crippen MR) is 49.6 cm³/mol. The van der Waals surface area contributed by atoms with Gasteiger partial charge in [0.25, 0.3) is 0 Å². The van der Waals surface area contributed by atoms with Gasteiger partial charge in [0.15, 0.2) is 0 Å². The van der Waals surface area contributed by atoms with Crippen LogP contribution in [0.2, 0.25) is 0 Å². The zero-order valence-corrected chi connectivity index (χ0v) is 7.23. The van der Waals surface area contributed by atoms with Crippen LogP contribution in [0.1, 0.15) is 15.9 Å². The van der Waals surface area contributed by atoms with E-state index in [-0.39, 0.29) is 0 Å². The molecule has 0 heterocycles. The van der Waals surface area contributed by atoms with Gasteiger partial charge in [-0.3, -0.25) is 4.79 Å². The van der Waals surface area contributed by atoms with E-state index in [2.05, 4.69) is 9.99 Å². The van der Waals surface area contributed by atoms with E-state index in [4.69, 9.17) is 5.73 Å². The second-order valence-electron chi connectivity index (χ2n) is 2.40. The second-order valence-corrected chi connectivity index (χ2v) is 2.40. The van der Waals surface area contributed by atoms with Crippen molar-refractivity contribution in [1.29, 1.82) is 0 Å². The maximum absolute atomic E-state index is 10.7. The molecule has 0 saturated carbocycles. The highest BCUT2D eigenvalue weighted by Crippen LogP contribution is 2.01. The second kappa shape index (κ2) is 4.25. The summed E-state index contributed by atoms with van der Waals surface area (Å²) in [6.07, 6.45) is 1.55. The monoisotopic (exact) mass is 178 g/mol. The molecule has 0 aliphatic rings. The third kappa shape index (κ3) is 2.59. The molecule has 0 aromatic heterocycles. The standard InChI is InChI=1S/C9H10N2O2/c1-13-11-6-7-2-4-8(5-3-7)9(10)12/h2-6H,1H3,(H2,10,12). The van der Waals surface area contributed by atoms with Crippen LogP contribution in [0.4, 0.5) is 0 Å². The maximum Gasteiger partial charge on any atom is 0.248 e. The number of hydrogen-bond acceptors (Lipinski definition) is 3. The van der Waals surface area contributed by atoms with E-state index in [0.29, 0.717) is 5.56 Å². The minimum Gasteiger partial charge on any atom is -0.399 e. The molecule has 1 rings (SSSR count). The zero-order valence-electron chi connectivity index (χ0n) is 7.23. The highest BCUT2D eigenvalue weighted by molar-refractivity contribution is 5.93. The molecule has 2 N–H and O–H groups in total. The first-order valence-corrected chi connectivity index (χ1v) is 3.70. The molecule has 1 amide bonds. The first kappa shape index (κ1) is 9.25. The number of nitrogens with two attached hydrogens (primary N) is 1. The molecule has 1 aromatic rings. The number of carbonyl (C=O) groups is 1. The molecule has 4 nitrogen and oxygen atoms in total. The molecule has 0 radical (unpaired) electrons. The number of hydrogen-bond donors (Lipinski definition) is 1. The number of carbonyl (C=O) groups excluding carboxylic acids is 1. The molecule has 0 bridgehead atoms. The lowest BCUT2D eigenvalue weighted by Gasteiger charge is -1.95. The molecule has 0 aliphatic carbocycles. The van der Waals surface area contributed by atoms with Crippen LogP contribution in [0.15, 0.2) is 29.4 Å². The van der Waals surface area contributed by atoms with E-state index in [9.17, 15) is 4.79 Å². The minimum atomic E-state index is -0.435. The molecule has 0 saturated heterocycles. The molecule has 0 unspecified atom stereocenters. The van der Waals surface area contributed by atoms with E-state index in [1.807, 2.05) is 0 Å². The molecule has 0 atom stereocenters. The molecular formula is C9H10N2O2. The largest absolute Gasteiger partial charge is 0.399 e. The van der Waals surface area contributed by atoms with Crippen molar-refractivity contribution in [2.24, 2.45) is 10.9 Å². The van der Waals surface area contributed by atoms with Crippen LogP contribution in [-0.2, 0) is 4.84 Å². The molecular weight excluding hydrogens is 168 g/mol. The molecule has 0 fully saturated rings. The quantitative estimate of drug-likeness (QED) is 0.548. The van der Waals surface area contributed by atoms with E-state index in [1.165, 1.54) is 7.11 Å². The highest BCUT2D eigenvalue weighted by Gasteiger charge is 1.97. The van der Waals surface area contributed by atoms with Crippen molar-refractivity contribution in [3.63, 3.8) is 0 Å². The van der Waals surface area contributed by atoms with Gasteiger partial charge in [-0.15, -0.1) is 0 Å². The Morgan fingerprint density at radius 2 is 2.08 bits per heavy atom. The molecule has 1 aromatic carbocycles. The summed E-state index contributed by atoms with van der Waals surface area (Å²) in [5.74, 6) is -0.435. The van der Waals surface area contributed by atoms with E-state index >= 15 is 0 Å². The Hall–Kier alpha value is -1.84. The van der Waals surface area contributed by atoms with Crippen molar-refractivity contribution in [2.45, 2.75) is 0 Å². The van der Waals surface area contributed by atoms with Gasteiger partial charge in [-0.1, -0.05) is 17.3 Å². The van der Waals surface area contributed by atoms with Crippen LogP contribution in [0.5, 0.6) is 0 Å². The van der Waals surface area contributed by atoms with Crippen molar-refractivity contribution < 1.29 is 9.63 Å². The summed E-state index contributed by atoms with van der Waals surface area (Å²) >= 11 is 0. The first-order valence-electron chi connectivity index (χ1n) is 3.70. The first-order chi connectivity index (χ1) is 6.24. The van der Waals surface area contributed by atoms with Gasteiger partial charge in [0.2, 0.25) is 5.91 Å². The van der Waals surface area contributed by atoms with Crippen molar-refractivity contribution in [1.82, 2.24) is 0 Å². The van der Waals surface area contributed by atoms with E-state index < -0.39 is 5.91 Å². The number of amides is 1. The number of benzene rings is 1. The Bertz CT molecular complexity index is 317. The van der Waals surface area contributed by atoms with Crippen LogP contribution >= 0.6 is 0 Å². The fourth-order valence-corrected chi connectivity index (χ4v) is 0.847. The van der Waals surface area contributed by atoms with E-state index in [0.717, 1.165) is 5.56 Å². The van der Waals surface area contributed by atoms with Gasteiger partial charge in [-0.25, -0.2) is 0 Å². The topological polar surface area (TPSA) is 64.7 Å². The zero-order chi connectivity index (χ0) is 9.68. The van der Waals surface area contributed by atoms with Crippen LogP contribution in [0, 0.1) is 0 Å².